The summed E-state index contributed by atoms with van der Waals surface area (Å²) >= 11 is 0. The first-order chi connectivity index (χ1) is 10.3. The van der Waals surface area contributed by atoms with Gasteiger partial charge in [0.2, 0.25) is 0 Å². The molecule has 0 unspecified atom stereocenters. The Hall–Kier alpha value is -1.59. The van der Waals surface area contributed by atoms with E-state index in [2.05, 4.69) is 39.9 Å². The van der Waals surface area contributed by atoms with E-state index in [1.54, 1.807) is 7.11 Å². The number of imidazole rings is 1. The Morgan fingerprint density at radius 2 is 2.29 bits per heavy atom. The van der Waals surface area contributed by atoms with Crippen LogP contribution in [0.4, 0.5) is 5.82 Å². The van der Waals surface area contributed by atoms with E-state index in [1.807, 2.05) is 6.07 Å². The summed E-state index contributed by atoms with van der Waals surface area (Å²) in [7, 11) is 1.74. The van der Waals surface area contributed by atoms with Gasteiger partial charge in [0.25, 0.3) is 0 Å². The molecule has 5 heteroatoms. The SMILES string of the molecule is CCN(CCOC)c1nc2ccccn2c1CNC1CC1. The van der Waals surface area contributed by atoms with Crippen LogP contribution in [-0.2, 0) is 11.3 Å². The summed E-state index contributed by atoms with van der Waals surface area (Å²) in [5.41, 5.74) is 2.26. The zero-order valence-electron chi connectivity index (χ0n) is 12.9. The summed E-state index contributed by atoms with van der Waals surface area (Å²) < 4.78 is 7.42. The standard InChI is InChI=1S/C16H24N4O/c1-3-19(10-11-21-2)16-14(12-17-13-7-8-13)20-9-5-4-6-15(20)18-16/h4-6,9,13,17H,3,7-8,10-12H2,1-2H3. The number of likely N-dealkylation sites (N-methyl/N-ethyl adjacent to an activating group) is 1. The van der Waals surface area contributed by atoms with Crippen LogP contribution in [0.25, 0.3) is 5.65 Å². The fraction of sp³-hybridized carbons (Fsp3) is 0.562. The van der Waals surface area contributed by atoms with Crippen LogP contribution in [0.3, 0.4) is 0 Å². The minimum Gasteiger partial charge on any atom is -0.383 e. The molecule has 1 saturated carbocycles. The normalized spacial score (nSPS) is 14.8. The highest BCUT2D eigenvalue weighted by Gasteiger charge is 2.23. The Morgan fingerprint density at radius 1 is 1.43 bits per heavy atom. The van der Waals surface area contributed by atoms with Gasteiger partial charge in [-0.2, -0.15) is 0 Å². The quantitative estimate of drug-likeness (QED) is 0.807. The second-order valence-corrected chi connectivity index (χ2v) is 5.54. The molecule has 1 aliphatic carbocycles. The summed E-state index contributed by atoms with van der Waals surface area (Å²) in [6, 6.07) is 6.86. The van der Waals surface area contributed by atoms with Gasteiger partial charge in [0, 0.05) is 39.0 Å². The fourth-order valence-electron chi connectivity index (χ4n) is 2.60. The van der Waals surface area contributed by atoms with Crippen LogP contribution in [0.1, 0.15) is 25.5 Å². The van der Waals surface area contributed by atoms with Crippen molar-refractivity contribution < 1.29 is 4.74 Å². The second kappa shape index (κ2) is 6.45. The molecule has 0 radical (unpaired) electrons. The average molecular weight is 288 g/mol. The van der Waals surface area contributed by atoms with E-state index in [0.717, 1.165) is 37.7 Å². The van der Waals surface area contributed by atoms with E-state index in [9.17, 15) is 0 Å². The lowest BCUT2D eigenvalue weighted by molar-refractivity contribution is 0.205. The van der Waals surface area contributed by atoms with E-state index < -0.39 is 0 Å². The predicted octanol–water partition coefficient (Wildman–Crippen LogP) is 2.06. The smallest absolute Gasteiger partial charge is 0.152 e. The van der Waals surface area contributed by atoms with Crippen molar-refractivity contribution in [3.63, 3.8) is 0 Å². The van der Waals surface area contributed by atoms with Crippen molar-refractivity contribution in [1.29, 1.82) is 0 Å². The molecule has 1 fully saturated rings. The van der Waals surface area contributed by atoms with Crippen LogP contribution in [0.5, 0.6) is 0 Å². The lowest BCUT2D eigenvalue weighted by Gasteiger charge is -2.21. The van der Waals surface area contributed by atoms with Crippen molar-refractivity contribution in [3.05, 3.63) is 30.1 Å². The van der Waals surface area contributed by atoms with Gasteiger partial charge in [-0.1, -0.05) is 6.07 Å². The van der Waals surface area contributed by atoms with Gasteiger partial charge < -0.3 is 19.4 Å². The van der Waals surface area contributed by atoms with E-state index in [-0.39, 0.29) is 0 Å². The van der Waals surface area contributed by atoms with E-state index in [1.165, 1.54) is 18.5 Å². The first-order valence-electron chi connectivity index (χ1n) is 7.76. The molecule has 0 spiro atoms. The molecule has 1 aliphatic rings. The first kappa shape index (κ1) is 14.4. The molecule has 0 bridgehead atoms. The van der Waals surface area contributed by atoms with Crippen LogP contribution in [0, 0.1) is 0 Å². The van der Waals surface area contributed by atoms with Crippen LogP contribution in [-0.4, -0.2) is 42.2 Å². The number of ether oxygens (including phenoxy) is 1. The topological polar surface area (TPSA) is 41.8 Å². The highest BCUT2D eigenvalue weighted by Crippen LogP contribution is 2.24. The summed E-state index contributed by atoms with van der Waals surface area (Å²) in [6.45, 7) is 5.56. The van der Waals surface area contributed by atoms with Crippen molar-refractivity contribution in [3.8, 4) is 0 Å². The van der Waals surface area contributed by atoms with E-state index in [4.69, 9.17) is 9.72 Å². The van der Waals surface area contributed by atoms with Crippen molar-refractivity contribution >= 4 is 11.5 Å². The summed E-state index contributed by atoms with van der Waals surface area (Å²) in [5, 5.41) is 3.61. The number of fused-ring (bicyclic) bond motifs is 1. The van der Waals surface area contributed by atoms with Crippen LogP contribution >= 0.6 is 0 Å². The third-order valence-corrected chi connectivity index (χ3v) is 3.99. The Bertz CT molecular complexity index is 591. The van der Waals surface area contributed by atoms with Gasteiger partial charge >= 0.3 is 0 Å². The van der Waals surface area contributed by atoms with Crippen LogP contribution in [0.2, 0.25) is 0 Å². The van der Waals surface area contributed by atoms with Crippen molar-refractivity contribution in [2.24, 2.45) is 0 Å². The second-order valence-electron chi connectivity index (χ2n) is 5.54. The largest absolute Gasteiger partial charge is 0.383 e. The number of nitrogens with one attached hydrogen (secondary N) is 1. The van der Waals surface area contributed by atoms with Gasteiger partial charge in [0.05, 0.1) is 12.3 Å². The molecule has 2 aromatic heterocycles. The molecule has 1 N–H and O–H groups in total. The van der Waals surface area contributed by atoms with Crippen LogP contribution < -0.4 is 10.2 Å². The summed E-state index contributed by atoms with van der Waals surface area (Å²) in [6.07, 6.45) is 4.69. The van der Waals surface area contributed by atoms with Gasteiger partial charge in [-0.25, -0.2) is 4.98 Å². The molecule has 0 amide bonds. The molecule has 0 aliphatic heterocycles. The number of hydrogen-bond acceptors (Lipinski definition) is 4. The number of nitrogens with zero attached hydrogens (tertiary/aromatic N) is 3. The van der Waals surface area contributed by atoms with Gasteiger partial charge in [0.1, 0.15) is 5.65 Å². The summed E-state index contributed by atoms with van der Waals surface area (Å²) in [4.78, 5) is 7.12. The molecule has 0 aromatic carbocycles. The molecule has 0 saturated heterocycles. The zero-order chi connectivity index (χ0) is 14.7. The number of rotatable bonds is 8. The Morgan fingerprint density at radius 3 is 3.00 bits per heavy atom. The number of anilines is 1. The highest BCUT2D eigenvalue weighted by atomic mass is 16.5. The number of methoxy groups -OCH3 is 1. The monoisotopic (exact) mass is 288 g/mol. The van der Waals surface area contributed by atoms with Gasteiger partial charge in [-0.3, -0.25) is 0 Å². The maximum atomic E-state index is 5.23. The van der Waals surface area contributed by atoms with Gasteiger partial charge in [-0.05, 0) is 31.9 Å². The van der Waals surface area contributed by atoms with E-state index in [0.29, 0.717) is 6.04 Å². The molecule has 2 heterocycles. The number of aromatic nitrogens is 2. The maximum absolute atomic E-state index is 5.23. The fourth-order valence-corrected chi connectivity index (χ4v) is 2.60. The van der Waals surface area contributed by atoms with Crippen molar-refractivity contribution in [1.82, 2.24) is 14.7 Å². The van der Waals surface area contributed by atoms with Crippen molar-refractivity contribution in [2.45, 2.75) is 32.4 Å². The summed E-state index contributed by atoms with van der Waals surface area (Å²) in [5.74, 6) is 1.08. The highest BCUT2D eigenvalue weighted by molar-refractivity contribution is 5.56. The molecule has 2 aromatic rings. The molecule has 3 rings (SSSR count). The molecular weight excluding hydrogens is 264 g/mol. The molecule has 21 heavy (non-hydrogen) atoms. The predicted molar refractivity (Wildman–Crippen MR) is 84.8 cm³/mol. The van der Waals surface area contributed by atoms with Gasteiger partial charge in [0.15, 0.2) is 5.82 Å². The zero-order valence-corrected chi connectivity index (χ0v) is 12.9. The lowest BCUT2D eigenvalue weighted by Crippen LogP contribution is -2.29. The Balaban J connectivity index is 1.91. The Kier molecular flexibility index (Phi) is 4.41. The maximum Gasteiger partial charge on any atom is 0.152 e. The first-order valence-corrected chi connectivity index (χ1v) is 7.76. The molecule has 0 atom stereocenters. The minimum absolute atomic E-state index is 0.696. The molecule has 114 valence electrons. The number of hydrogen-bond donors (Lipinski definition) is 1. The Labute approximate surface area is 125 Å². The molecular formula is C16H24N4O. The lowest BCUT2D eigenvalue weighted by atomic mass is 10.3. The van der Waals surface area contributed by atoms with E-state index >= 15 is 0 Å². The van der Waals surface area contributed by atoms with Gasteiger partial charge in [-0.15, -0.1) is 0 Å². The third kappa shape index (κ3) is 3.19. The third-order valence-electron chi connectivity index (χ3n) is 3.99. The van der Waals surface area contributed by atoms with Crippen molar-refractivity contribution in [2.75, 3.05) is 31.7 Å². The van der Waals surface area contributed by atoms with Crippen LogP contribution in [0.15, 0.2) is 24.4 Å². The molecule has 5 nitrogen and oxygen atoms in total. The average Bonchev–Trinajstić information content (AvgIpc) is 3.27. The minimum atomic E-state index is 0.696. The number of pyridine rings is 1.